The molecule has 0 unspecified atom stereocenters. The van der Waals surface area contributed by atoms with Crippen LogP contribution in [0.5, 0.6) is 0 Å². The highest BCUT2D eigenvalue weighted by molar-refractivity contribution is 5.67. The lowest BCUT2D eigenvalue weighted by Gasteiger charge is -1.87. The number of rotatable bonds is 33. The fourth-order valence-corrected chi connectivity index (χ4v) is 4.30. The lowest BCUT2D eigenvalue weighted by molar-refractivity contribution is -0.137. The summed E-state index contributed by atoms with van der Waals surface area (Å²) in [6.45, 7) is 6.39. The van der Waals surface area contributed by atoms with Crippen LogP contribution in [0.3, 0.4) is 0 Å². The average molecular weight is 907 g/mol. The maximum atomic E-state index is 10.2. The first kappa shape index (κ1) is 63.7. The smallest absolute Gasteiger partial charge is 0.303 e. The molecule has 360 valence electrons. The highest BCUT2D eigenvalue weighted by Gasteiger charge is 1.92. The van der Waals surface area contributed by atoms with Crippen molar-refractivity contribution in [2.24, 2.45) is 0 Å². The number of allylic oxidation sites excluding steroid dienone is 21. The Kier molecular flexibility index (Phi) is 58.3. The van der Waals surface area contributed by atoms with Gasteiger partial charge >= 0.3 is 17.9 Å². The van der Waals surface area contributed by atoms with E-state index in [9.17, 15) is 14.4 Å². The summed E-state index contributed by atoms with van der Waals surface area (Å²) in [5, 5.41) is 25.3. The number of unbranched alkanes of at least 4 members (excludes halogenated alkanes) is 3. The third-order valence-corrected chi connectivity index (χ3v) is 7.61. The molecule has 9 nitrogen and oxygen atoms in total. The molecule has 0 aromatic carbocycles. The van der Waals surface area contributed by atoms with Gasteiger partial charge in [0.25, 0.3) is 0 Å². The molecule has 0 aromatic heterocycles. The van der Waals surface area contributed by atoms with Gasteiger partial charge in [-0.1, -0.05) is 148 Å². The minimum Gasteiger partial charge on any atom is -0.481 e. The van der Waals surface area contributed by atoms with Crippen LogP contribution in [0.1, 0.15) is 156 Å². The molecule has 0 heterocycles. The van der Waals surface area contributed by atoms with E-state index in [1.54, 1.807) is 18.2 Å². The second-order valence-corrected chi connectivity index (χ2v) is 13.6. The molecule has 0 aliphatic rings. The largest absolute Gasteiger partial charge is 0.481 e. The third-order valence-electron chi connectivity index (χ3n) is 7.61. The van der Waals surface area contributed by atoms with E-state index < -0.39 is 17.9 Å². The van der Waals surface area contributed by atoms with Crippen molar-refractivity contribution in [3.05, 3.63) is 146 Å². The summed E-state index contributed by atoms with van der Waals surface area (Å²) in [5.74, 6) is 6.25. The van der Waals surface area contributed by atoms with E-state index in [4.69, 9.17) is 29.5 Å². The van der Waals surface area contributed by atoms with E-state index in [2.05, 4.69) is 166 Å². The molecular weight excluding hydrogens is 829 g/mol. The molecule has 3 N–H and O–H groups in total. The van der Waals surface area contributed by atoms with Crippen molar-refractivity contribution in [1.29, 1.82) is 0 Å². The number of carboxylic acids is 3. The Hall–Kier alpha value is -6.63. The van der Waals surface area contributed by atoms with Crippen LogP contribution < -0.4 is 0 Å². The lowest BCUT2D eigenvalue weighted by Crippen LogP contribution is -1.91. The maximum absolute atomic E-state index is 10.2. The lowest BCUT2D eigenvalue weighted by atomic mass is 10.2. The molecule has 66 heavy (non-hydrogen) atoms. The minimum atomic E-state index is -0.810. The molecule has 0 spiro atoms. The number of ether oxygens (including phenoxy) is 3. The van der Waals surface area contributed by atoms with Crippen molar-refractivity contribution >= 4 is 17.9 Å². The third kappa shape index (κ3) is 71.9. The van der Waals surface area contributed by atoms with Crippen LogP contribution in [0.4, 0.5) is 0 Å². The Morgan fingerprint density at radius 2 is 0.561 bits per heavy atom. The summed E-state index contributed by atoms with van der Waals surface area (Å²) in [6.07, 6.45) is 71.6. The number of hydrogen-bond acceptors (Lipinski definition) is 6. The summed E-state index contributed by atoms with van der Waals surface area (Å²) in [7, 11) is 0. The van der Waals surface area contributed by atoms with Crippen molar-refractivity contribution in [3.8, 4) is 36.1 Å². The molecular formula is C57H78O9. The van der Waals surface area contributed by atoms with Crippen molar-refractivity contribution in [1.82, 2.24) is 0 Å². The number of aliphatic carboxylic acids is 3. The molecule has 0 aromatic rings. The molecule has 0 rings (SSSR count). The molecule has 0 fully saturated rings. The van der Waals surface area contributed by atoms with E-state index in [1.165, 1.54) is 18.8 Å². The van der Waals surface area contributed by atoms with Gasteiger partial charge in [0, 0.05) is 38.5 Å². The van der Waals surface area contributed by atoms with Gasteiger partial charge in [0.2, 0.25) is 0 Å². The van der Waals surface area contributed by atoms with Gasteiger partial charge in [0.1, 0.15) is 18.3 Å². The molecule has 0 atom stereocenters. The van der Waals surface area contributed by atoms with Gasteiger partial charge in [-0.05, 0) is 115 Å². The maximum Gasteiger partial charge on any atom is 0.303 e. The fourth-order valence-electron chi connectivity index (χ4n) is 4.30. The first-order chi connectivity index (χ1) is 32.3. The summed E-state index contributed by atoms with van der Waals surface area (Å²) in [6, 6.07) is 0. The standard InChI is InChI=1S/3C19H26O3/c3*1-2-3-4-5-6-7-8-9-10-11-12-14-17-22-18-15-13-16-19(20)21/h3*3-4,6-7,9-10,15,18H,2,5,8,11-13,16H2,1H3,(H,20,21)/b4-3-,7-6+,10-9+,18-15+;4-3-,7-6+,10-9+,18-15-;4-3-,7-6-,10-9+,18-15+. The summed E-state index contributed by atoms with van der Waals surface area (Å²) < 4.78 is 14.8. The second kappa shape index (κ2) is 60.5. The zero-order valence-corrected chi connectivity index (χ0v) is 40.0. The summed E-state index contributed by atoms with van der Waals surface area (Å²) in [4.78, 5) is 30.7. The van der Waals surface area contributed by atoms with E-state index in [0.717, 1.165) is 96.3 Å². The average Bonchev–Trinajstić information content (AvgIpc) is 3.29. The second-order valence-electron chi connectivity index (χ2n) is 13.6. The zero-order chi connectivity index (χ0) is 48.9. The molecule has 0 amide bonds. The van der Waals surface area contributed by atoms with E-state index >= 15 is 0 Å². The van der Waals surface area contributed by atoms with Gasteiger partial charge in [-0.2, -0.15) is 0 Å². The number of carbonyl (C=O) groups is 3. The van der Waals surface area contributed by atoms with Gasteiger partial charge in [-0.15, -0.1) is 0 Å². The zero-order valence-electron chi connectivity index (χ0n) is 40.0. The highest BCUT2D eigenvalue weighted by atomic mass is 16.5. The predicted octanol–water partition coefficient (Wildman–Crippen LogP) is 14.9. The van der Waals surface area contributed by atoms with Crippen LogP contribution in [0.15, 0.2) is 146 Å². The fraction of sp³-hybridized carbons (Fsp3) is 0.421. The van der Waals surface area contributed by atoms with Crippen LogP contribution in [-0.2, 0) is 28.6 Å². The van der Waals surface area contributed by atoms with Crippen LogP contribution in [-0.4, -0.2) is 33.2 Å². The van der Waals surface area contributed by atoms with Crippen molar-refractivity contribution in [2.45, 2.75) is 156 Å². The molecule has 0 radical (unpaired) electrons. The van der Waals surface area contributed by atoms with Crippen LogP contribution in [0, 0.1) is 36.1 Å². The van der Waals surface area contributed by atoms with Crippen LogP contribution in [0.2, 0.25) is 0 Å². The van der Waals surface area contributed by atoms with E-state index in [1.807, 2.05) is 0 Å². The molecule has 0 aliphatic heterocycles. The molecule has 0 bridgehead atoms. The van der Waals surface area contributed by atoms with Crippen molar-refractivity contribution < 1.29 is 43.9 Å². The van der Waals surface area contributed by atoms with Gasteiger partial charge in [-0.25, -0.2) is 0 Å². The van der Waals surface area contributed by atoms with E-state index in [-0.39, 0.29) is 19.3 Å². The normalized spacial score (nSPS) is 11.5. The Balaban J connectivity index is -0.000000902. The van der Waals surface area contributed by atoms with Gasteiger partial charge in [0.05, 0.1) is 18.8 Å². The van der Waals surface area contributed by atoms with Crippen LogP contribution >= 0.6 is 0 Å². The van der Waals surface area contributed by atoms with Crippen molar-refractivity contribution in [3.63, 3.8) is 0 Å². The van der Waals surface area contributed by atoms with Crippen molar-refractivity contribution in [2.75, 3.05) is 0 Å². The molecule has 9 heteroatoms. The molecule has 0 aliphatic carbocycles. The first-order valence-corrected chi connectivity index (χ1v) is 23.2. The highest BCUT2D eigenvalue weighted by Crippen LogP contribution is 1.99. The topological polar surface area (TPSA) is 140 Å². The quantitative estimate of drug-likeness (QED) is 0.0254. The molecule has 0 saturated heterocycles. The van der Waals surface area contributed by atoms with Gasteiger partial charge in [-0.3, -0.25) is 14.4 Å². The number of carboxylic acid groups (broad SMARTS) is 3. The SMILES string of the molecule is CC/C=C\C/C=C/C/C=C/CCC#CO/C=C/CCC(=O)O.CC/C=C\C/C=C/C/C=C/CCC#CO/C=C\CCC(=O)O.CC/C=C\C/C=C\C/C=C/CCC#CO/C=C/CCC(=O)O. The number of hydrogen-bond donors (Lipinski definition) is 3. The Bertz CT molecular complexity index is 1540. The Labute approximate surface area is 398 Å². The Morgan fingerprint density at radius 3 is 0.788 bits per heavy atom. The molecule has 0 saturated carbocycles. The minimum absolute atomic E-state index is 0.113. The van der Waals surface area contributed by atoms with E-state index in [0.29, 0.717) is 19.3 Å². The van der Waals surface area contributed by atoms with Gasteiger partial charge in [0.15, 0.2) is 0 Å². The summed E-state index contributed by atoms with van der Waals surface area (Å²) in [5.41, 5.74) is 0. The monoisotopic (exact) mass is 907 g/mol. The first-order valence-electron chi connectivity index (χ1n) is 23.2. The van der Waals surface area contributed by atoms with Crippen LogP contribution in [0.25, 0.3) is 0 Å². The Morgan fingerprint density at radius 1 is 0.333 bits per heavy atom. The van der Waals surface area contributed by atoms with Gasteiger partial charge < -0.3 is 29.5 Å². The predicted molar refractivity (Wildman–Crippen MR) is 273 cm³/mol. The summed E-state index contributed by atoms with van der Waals surface area (Å²) >= 11 is 0.